The minimum absolute atomic E-state index is 0.125. The number of fused-ring (bicyclic) bond motifs is 1. The van der Waals surface area contributed by atoms with Crippen LogP contribution in [0.15, 0.2) is 30.3 Å². The third-order valence-corrected chi connectivity index (χ3v) is 3.85. The Balaban J connectivity index is 1.83. The van der Waals surface area contributed by atoms with E-state index in [9.17, 15) is 5.11 Å². The molecule has 0 saturated heterocycles. The van der Waals surface area contributed by atoms with Crippen LogP contribution in [0.1, 0.15) is 16.7 Å². The summed E-state index contributed by atoms with van der Waals surface area (Å²) in [6.07, 6.45) is 0.867. The van der Waals surface area contributed by atoms with E-state index < -0.39 is 0 Å². The van der Waals surface area contributed by atoms with Crippen LogP contribution in [0.25, 0.3) is 0 Å². The lowest BCUT2D eigenvalue weighted by atomic mass is 10.1. The fraction of sp³-hybridized carbons (Fsp3) is 0.250. The van der Waals surface area contributed by atoms with Gasteiger partial charge in [0, 0.05) is 27.6 Å². The van der Waals surface area contributed by atoms with Crippen LogP contribution < -0.4 is 9.47 Å². The summed E-state index contributed by atoms with van der Waals surface area (Å²) in [6.45, 7) is 0.878. The largest absolute Gasteiger partial charge is 0.493 e. The lowest BCUT2D eigenvalue weighted by Crippen LogP contribution is -2.01. The van der Waals surface area contributed by atoms with Gasteiger partial charge in [0.25, 0.3) is 0 Å². The molecule has 3 nitrogen and oxygen atoms in total. The predicted octanol–water partition coefficient (Wildman–Crippen LogP) is 4.00. The van der Waals surface area contributed by atoms with Gasteiger partial charge in [-0.2, -0.15) is 0 Å². The molecule has 3 rings (SSSR count). The first-order valence-electron chi connectivity index (χ1n) is 6.63. The molecule has 1 N–H and O–H groups in total. The highest BCUT2D eigenvalue weighted by molar-refractivity contribution is 6.31. The lowest BCUT2D eigenvalue weighted by molar-refractivity contribution is 0.256. The van der Waals surface area contributed by atoms with Gasteiger partial charge in [0.1, 0.15) is 18.1 Å². The van der Waals surface area contributed by atoms with E-state index in [2.05, 4.69) is 0 Å². The van der Waals surface area contributed by atoms with Crippen LogP contribution in [-0.2, 0) is 19.6 Å². The highest BCUT2D eigenvalue weighted by Gasteiger charge is 2.18. The van der Waals surface area contributed by atoms with Gasteiger partial charge in [0.2, 0.25) is 0 Å². The molecule has 0 aliphatic carbocycles. The van der Waals surface area contributed by atoms with Gasteiger partial charge in [-0.1, -0.05) is 23.2 Å². The number of aliphatic hydroxyl groups excluding tert-OH is 1. The molecule has 2 aromatic carbocycles. The molecule has 0 radical (unpaired) electrons. The molecule has 0 bridgehead atoms. The molecule has 2 aromatic rings. The molecular weight excluding hydrogens is 311 g/mol. The van der Waals surface area contributed by atoms with Gasteiger partial charge in [-0.15, -0.1) is 0 Å². The maximum absolute atomic E-state index is 9.35. The molecule has 0 spiro atoms. The molecule has 1 aliphatic heterocycles. The Morgan fingerprint density at radius 3 is 2.71 bits per heavy atom. The van der Waals surface area contributed by atoms with Gasteiger partial charge in [-0.25, -0.2) is 0 Å². The zero-order valence-electron chi connectivity index (χ0n) is 11.2. The smallest absolute Gasteiger partial charge is 0.129 e. The Bertz CT molecular complexity index is 671. The van der Waals surface area contributed by atoms with Crippen LogP contribution in [0.2, 0.25) is 10.0 Å². The lowest BCUT2D eigenvalue weighted by Gasteiger charge is -2.13. The zero-order valence-corrected chi connectivity index (χ0v) is 12.7. The van der Waals surface area contributed by atoms with E-state index in [0.29, 0.717) is 34.6 Å². The predicted molar refractivity (Wildman–Crippen MR) is 82.4 cm³/mol. The van der Waals surface area contributed by atoms with Crippen molar-refractivity contribution in [3.8, 4) is 11.5 Å². The molecule has 0 aromatic heterocycles. The summed E-state index contributed by atoms with van der Waals surface area (Å²) in [5.41, 5.74) is 2.68. The van der Waals surface area contributed by atoms with Crippen molar-refractivity contribution in [3.63, 3.8) is 0 Å². The molecule has 1 heterocycles. The summed E-state index contributed by atoms with van der Waals surface area (Å²) in [5.74, 6) is 1.47. The molecule has 0 saturated carbocycles. The Kier molecular flexibility index (Phi) is 4.24. The molecule has 0 amide bonds. The second-order valence-electron chi connectivity index (χ2n) is 4.85. The van der Waals surface area contributed by atoms with Crippen molar-refractivity contribution >= 4 is 23.2 Å². The molecular formula is C16H14Cl2O3. The average Bonchev–Trinajstić information content (AvgIpc) is 2.93. The first kappa shape index (κ1) is 14.5. The normalized spacial score (nSPS) is 12.9. The summed E-state index contributed by atoms with van der Waals surface area (Å²) in [7, 11) is 0. The van der Waals surface area contributed by atoms with Crippen molar-refractivity contribution in [1.82, 2.24) is 0 Å². The van der Waals surface area contributed by atoms with Gasteiger partial charge in [0.05, 0.1) is 13.2 Å². The van der Waals surface area contributed by atoms with E-state index in [4.69, 9.17) is 32.7 Å². The number of aliphatic hydroxyl groups is 1. The first-order valence-corrected chi connectivity index (χ1v) is 7.39. The third-order valence-electron chi connectivity index (χ3n) is 3.40. The van der Waals surface area contributed by atoms with Crippen molar-refractivity contribution in [2.45, 2.75) is 19.6 Å². The minimum atomic E-state index is -0.125. The van der Waals surface area contributed by atoms with Crippen LogP contribution in [0.3, 0.4) is 0 Å². The zero-order chi connectivity index (χ0) is 14.8. The number of benzene rings is 2. The average molecular weight is 325 g/mol. The summed E-state index contributed by atoms with van der Waals surface area (Å²) in [5, 5.41) is 10.6. The van der Waals surface area contributed by atoms with Crippen molar-refractivity contribution < 1.29 is 14.6 Å². The number of rotatable bonds is 4. The summed E-state index contributed by atoms with van der Waals surface area (Å²) in [6, 6.07) is 8.94. The molecule has 0 unspecified atom stereocenters. The number of hydrogen-bond acceptors (Lipinski definition) is 3. The van der Waals surface area contributed by atoms with Crippen molar-refractivity contribution in [2.75, 3.05) is 6.61 Å². The maximum Gasteiger partial charge on any atom is 0.129 e. The highest BCUT2D eigenvalue weighted by Crippen LogP contribution is 2.34. The Morgan fingerprint density at radius 2 is 1.90 bits per heavy atom. The first-order chi connectivity index (χ1) is 10.2. The Labute approximate surface area is 133 Å². The second kappa shape index (κ2) is 6.14. The Hall–Kier alpha value is -1.42. The molecule has 0 fully saturated rings. The van der Waals surface area contributed by atoms with Crippen LogP contribution in [0, 0.1) is 0 Å². The van der Waals surface area contributed by atoms with Gasteiger partial charge >= 0.3 is 0 Å². The van der Waals surface area contributed by atoms with Crippen LogP contribution in [0.4, 0.5) is 0 Å². The van der Waals surface area contributed by atoms with E-state index >= 15 is 0 Å². The van der Waals surface area contributed by atoms with Crippen LogP contribution in [0.5, 0.6) is 11.5 Å². The van der Waals surface area contributed by atoms with Crippen LogP contribution in [-0.4, -0.2) is 11.7 Å². The van der Waals surface area contributed by atoms with Crippen molar-refractivity contribution in [1.29, 1.82) is 0 Å². The third kappa shape index (κ3) is 3.10. The van der Waals surface area contributed by atoms with Gasteiger partial charge in [0.15, 0.2) is 0 Å². The van der Waals surface area contributed by atoms with E-state index in [-0.39, 0.29) is 6.61 Å². The highest BCUT2D eigenvalue weighted by atomic mass is 35.5. The molecule has 0 atom stereocenters. The monoisotopic (exact) mass is 324 g/mol. The second-order valence-corrected chi connectivity index (χ2v) is 5.72. The maximum atomic E-state index is 9.35. The number of ether oxygens (including phenoxy) is 2. The fourth-order valence-corrected chi connectivity index (χ4v) is 2.88. The van der Waals surface area contributed by atoms with Crippen molar-refractivity contribution in [2.24, 2.45) is 0 Å². The SMILES string of the molecule is OCc1cc(Cl)ccc1OCc1cc(Cl)cc2c1OCC2. The van der Waals surface area contributed by atoms with Crippen LogP contribution >= 0.6 is 23.2 Å². The van der Waals surface area contributed by atoms with E-state index in [1.165, 1.54) is 0 Å². The summed E-state index contributed by atoms with van der Waals surface area (Å²) in [4.78, 5) is 0. The quantitative estimate of drug-likeness (QED) is 0.923. The molecule has 21 heavy (non-hydrogen) atoms. The van der Waals surface area contributed by atoms with E-state index in [0.717, 1.165) is 23.3 Å². The summed E-state index contributed by atoms with van der Waals surface area (Å²) < 4.78 is 11.4. The number of hydrogen-bond donors (Lipinski definition) is 1. The van der Waals surface area contributed by atoms with Gasteiger partial charge in [-0.05, 0) is 35.9 Å². The molecule has 5 heteroatoms. The van der Waals surface area contributed by atoms with E-state index in [1.807, 2.05) is 12.1 Å². The fourth-order valence-electron chi connectivity index (χ4n) is 2.42. The van der Waals surface area contributed by atoms with Crippen molar-refractivity contribution in [3.05, 3.63) is 57.1 Å². The molecule has 1 aliphatic rings. The topological polar surface area (TPSA) is 38.7 Å². The Morgan fingerprint density at radius 1 is 1.10 bits per heavy atom. The minimum Gasteiger partial charge on any atom is -0.493 e. The molecule has 110 valence electrons. The van der Waals surface area contributed by atoms with Gasteiger partial charge < -0.3 is 14.6 Å². The van der Waals surface area contributed by atoms with Gasteiger partial charge in [-0.3, -0.25) is 0 Å². The number of halogens is 2. The summed E-state index contributed by atoms with van der Waals surface area (Å²) >= 11 is 12.0. The van der Waals surface area contributed by atoms with E-state index in [1.54, 1.807) is 18.2 Å². The standard InChI is InChI=1S/C16H14Cl2O3/c17-13-1-2-15(11(6-13)8-19)21-9-12-7-14(18)5-10-3-4-20-16(10)12/h1-2,5-7,19H,3-4,8-9H2.